The third kappa shape index (κ3) is 4.16. The van der Waals surface area contributed by atoms with Crippen LogP contribution in [0.25, 0.3) is 22.3 Å². The van der Waals surface area contributed by atoms with Gasteiger partial charge in [0, 0.05) is 35.8 Å². The van der Waals surface area contributed by atoms with Gasteiger partial charge in [0.2, 0.25) is 11.7 Å². The number of carbonyl (C=O) groups is 1. The Balaban J connectivity index is 1.14. The molecule has 4 aromatic rings. The number of piperidine rings is 1. The summed E-state index contributed by atoms with van der Waals surface area (Å²) in [4.78, 5) is 22.6. The maximum absolute atomic E-state index is 12.7. The van der Waals surface area contributed by atoms with Crippen molar-refractivity contribution >= 4 is 22.8 Å². The van der Waals surface area contributed by atoms with Crippen molar-refractivity contribution in [2.24, 2.45) is 5.92 Å². The molecule has 164 valence electrons. The third-order valence-electron chi connectivity index (χ3n) is 5.94. The fourth-order valence-electron chi connectivity index (χ4n) is 4.09. The molecule has 0 radical (unpaired) electrons. The van der Waals surface area contributed by atoms with Crippen molar-refractivity contribution in [3.63, 3.8) is 0 Å². The number of methoxy groups -OCH3 is 1. The summed E-state index contributed by atoms with van der Waals surface area (Å²) in [6.07, 6.45) is 1.50. The summed E-state index contributed by atoms with van der Waals surface area (Å²) in [7, 11) is 1.63. The summed E-state index contributed by atoms with van der Waals surface area (Å²) in [6, 6.07) is 18.2. The molecule has 3 heterocycles. The van der Waals surface area contributed by atoms with E-state index in [1.54, 1.807) is 7.11 Å². The Morgan fingerprint density at radius 1 is 1.19 bits per heavy atom. The average molecular weight is 431 g/mol. The van der Waals surface area contributed by atoms with E-state index in [1.165, 1.54) is 0 Å². The Morgan fingerprint density at radius 3 is 2.72 bits per heavy atom. The summed E-state index contributed by atoms with van der Waals surface area (Å²) in [5.41, 5.74) is 2.96. The number of aromatic nitrogens is 3. The van der Waals surface area contributed by atoms with E-state index in [2.05, 4.69) is 32.6 Å². The van der Waals surface area contributed by atoms with Crippen LogP contribution in [0.4, 0.5) is 6.01 Å². The predicted octanol–water partition coefficient (Wildman–Crippen LogP) is 3.76. The van der Waals surface area contributed by atoms with E-state index < -0.39 is 0 Å². The van der Waals surface area contributed by atoms with Gasteiger partial charge in [-0.2, -0.15) is 4.98 Å². The van der Waals surface area contributed by atoms with Crippen LogP contribution in [-0.2, 0) is 11.3 Å². The number of carbonyl (C=O) groups excluding carboxylic acids is 1. The zero-order valence-corrected chi connectivity index (χ0v) is 17.9. The number of amides is 1. The van der Waals surface area contributed by atoms with Gasteiger partial charge >= 0.3 is 6.01 Å². The summed E-state index contributed by atoms with van der Waals surface area (Å²) < 4.78 is 10.7. The van der Waals surface area contributed by atoms with Gasteiger partial charge in [-0.25, -0.2) is 0 Å². The van der Waals surface area contributed by atoms with Gasteiger partial charge in [0.25, 0.3) is 0 Å². The fraction of sp³-hybridized carbons (Fsp3) is 0.292. The smallest absolute Gasteiger partial charge is 0.324 e. The van der Waals surface area contributed by atoms with E-state index in [4.69, 9.17) is 9.26 Å². The molecule has 1 saturated heterocycles. The number of anilines is 1. The van der Waals surface area contributed by atoms with Crippen LogP contribution < -0.4 is 15.0 Å². The second-order valence-corrected chi connectivity index (χ2v) is 7.99. The number of aromatic amines is 1. The Kier molecular flexibility index (Phi) is 5.49. The molecule has 2 N–H and O–H groups in total. The molecular formula is C24H25N5O3. The highest BCUT2D eigenvalue weighted by atomic mass is 16.5. The van der Waals surface area contributed by atoms with Crippen LogP contribution in [0.5, 0.6) is 5.75 Å². The van der Waals surface area contributed by atoms with Gasteiger partial charge in [0.1, 0.15) is 5.75 Å². The predicted molar refractivity (Wildman–Crippen MR) is 121 cm³/mol. The molecular weight excluding hydrogens is 406 g/mol. The lowest BCUT2D eigenvalue weighted by Gasteiger charge is -2.29. The Bertz CT molecular complexity index is 1170. The highest BCUT2D eigenvalue weighted by molar-refractivity contribution is 5.81. The zero-order valence-electron chi connectivity index (χ0n) is 17.9. The Morgan fingerprint density at radius 2 is 1.97 bits per heavy atom. The lowest BCUT2D eigenvalue weighted by atomic mass is 9.96. The standard InChI is InChI=1S/C24H25N5O3/c1-31-20-8-6-16(7-9-20)22-27-24(32-28-22)29-12-10-17(11-13-29)23(30)25-15-19-14-18-4-2-3-5-21(18)26-19/h2-9,14,17,26H,10-13,15H2,1H3,(H,25,30). The van der Waals surface area contributed by atoms with Crippen molar-refractivity contribution in [2.45, 2.75) is 19.4 Å². The summed E-state index contributed by atoms with van der Waals surface area (Å²) >= 11 is 0. The lowest BCUT2D eigenvalue weighted by molar-refractivity contribution is -0.125. The average Bonchev–Trinajstić information content (AvgIpc) is 3.50. The zero-order chi connectivity index (χ0) is 21.9. The second-order valence-electron chi connectivity index (χ2n) is 7.99. The van der Waals surface area contributed by atoms with Crippen molar-refractivity contribution in [3.05, 3.63) is 60.3 Å². The minimum Gasteiger partial charge on any atom is -0.497 e. The van der Waals surface area contributed by atoms with E-state index in [0.29, 0.717) is 31.5 Å². The number of nitrogens with zero attached hydrogens (tertiary/aromatic N) is 3. The third-order valence-corrected chi connectivity index (χ3v) is 5.94. The number of ether oxygens (including phenoxy) is 1. The first-order valence-electron chi connectivity index (χ1n) is 10.8. The summed E-state index contributed by atoms with van der Waals surface area (Å²) in [5, 5.41) is 8.32. The van der Waals surface area contributed by atoms with Crippen molar-refractivity contribution in [3.8, 4) is 17.1 Å². The van der Waals surface area contributed by atoms with Gasteiger partial charge in [-0.15, -0.1) is 0 Å². The molecule has 2 aromatic carbocycles. The van der Waals surface area contributed by atoms with E-state index in [0.717, 1.165) is 40.8 Å². The highest BCUT2D eigenvalue weighted by Crippen LogP contribution is 2.26. The minimum atomic E-state index is -0.0143. The van der Waals surface area contributed by atoms with Crippen molar-refractivity contribution in [1.29, 1.82) is 0 Å². The van der Waals surface area contributed by atoms with Crippen LogP contribution in [0.3, 0.4) is 0 Å². The van der Waals surface area contributed by atoms with Crippen molar-refractivity contribution in [1.82, 2.24) is 20.4 Å². The maximum Gasteiger partial charge on any atom is 0.324 e. The van der Waals surface area contributed by atoms with Crippen LogP contribution >= 0.6 is 0 Å². The van der Waals surface area contributed by atoms with Crippen LogP contribution in [0, 0.1) is 5.92 Å². The Hall–Kier alpha value is -3.81. The second kappa shape index (κ2) is 8.74. The largest absolute Gasteiger partial charge is 0.497 e. The fourth-order valence-corrected chi connectivity index (χ4v) is 4.09. The molecule has 32 heavy (non-hydrogen) atoms. The molecule has 0 aliphatic carbocycles. The van der Waals surface area contributed by atoms with Gasteiger partial charge in [0.15, 0.2) is 0 Å². The van der Waals surface area contributed by atoms with Gasteiger partial charge in [-0.3, -0.25) is 4.79 Å². The normalized spacial score (nSPS) is 14.6. The van der Waals surface area contributed by atoms with E-state index in [1.807, 2.05) is 47.4 Å². The lowest BCUT2D eigenvalue weighted by Crippen LogP contribution is -2.40. The number of hydrogen-bond donors (Lipinski definition) is 2. The molecule has 0 unspecified atom stereocenters. The van der Waals surface area contributed by atoms with Crippen LogP contribution in [0.15, 0.2) is 59.1 Å². The first kappa shape index (κ1) is 20.1. The Labute approximate surface area is 185 Å². The van der Waals surface area contributed by atoms with Crippen LogP contribution in [-0.4, -0.2) is 41.2 Å². The van der Waals surface area contributed by atoms with Crippen LogP contribution in [0.2, 0.25) is 0 Å². The van der Waals surface area contributed by atoms with Gasteiger partial charge < -0.3 is 24.5 Å². The van der Waals surface area contributed by atoms with E-state index in [9.17, 15) is 4.79 Å². The maximum atomic E-state index is 12.7. The number of hydrogen-bond acceptors (Lipinski definition) is 6. The quantitative estimate of drug-likeness (QED) is 0.483. The first-order chi connectivity index (χ1) is 15.7. The number of H-pyrrole nitrogens is 1. The SMILES string of the molecule is COc1ccc(-c2noc(N3CCC(C(=O)NCc4cc5ccccc5[nH]4)CC3)n2)cc1. The monoisotopic (exact) mass is 431 g/mol. The van der Waals surface area contributed by atoms with E-state index >= 15 is 0 Å². The molecule has 8 heteroatoms. The molecule has 1 aliphatic rings. The van der Waals surface area contributed by atoms with Gasteiger partial charge in [-0.05, 0) is 54.6 Å². The molecule has 0 spiro atoms. The van der Waals surface area contributed by atoms with Crippen molar-refractivity contribution < 1.29 is 14.1 Å². The molecule has 8 nitrogen and oxygen atoms in total. The number of fused-ring (bicyclic) bond motifs is 1. The highest BCUT2D eigenvalue weighted by Gasteiger charge is 2.27. The molecule has 1 fully saturated rings. The number of para-hydroxylation sites is 1. The summed E-state index contributed by atoms with van der Waals surface area (Å²) in [6.45, 7) is 1.91. The molecule has 1 amide bonds. The molecule has 0 bridgehead atoms. The first-order valence-corrected chi connectivity index (χ1v) is 10.8. The molecule has 5 rings (SSSR count). The molecule has 1 aliphatic heterocycles. The summed E-state index contributed by atoms with van der Waals surface area (Å²) in [5.74, 6) is 1.40. The molecule has 0 atom stereocenters. The van der Waals surface area contributed by atoms with Crippen molar-refractivity contribution in [2.75, 3.05) is 25.1 Å². The van der Waals surface area contributed by atoms with Crippen LogP contribution in [0.1, 0.15) is 18.5 Å². The minimum absolute atomic E-state index is 0.0143. The molecule has 2 aromatic heterocycles. The number of benzene rings is 2. The topological polar surface area (TPSA) is 96.3 Å². The number of nitrogens with one attached hydrogen (secondary N) is 2. The van der Waals surface area contributed by atoms with Gasteiger partial charge in [0.05, 0.1) is 13.7 Å². The molecule has 0 saturated carbocycles. The number of rotatable bonds is 6. The van der Waals surface area contributed by atoms with E-state index in [-0.39, 0.29) is 11.8 Å². The van der Waals surface area contributed by atoms with Gasteiger partial charge in [-0.1, -0.05) is 23.4 Å².